The molecule has 1 N–H and O–H groups in total. The quantitative estimate of drug-likeness (QED) is 0.121. The van der Waals surface area contributed by atoms with Gasteiger partial charge in [0.1, 0.15) is 0 Å². The maximum atomic E-state index is 13.5. The third kappa shape index (κ3) is 7.99. The molecular weight excluding hydrogens is 861 g/mol. The lowest BCUT2D eigenvalue weighted by atomic mass is 9.91. The van der Waals surface area contributed by atoms with Crippen LogP contribution in [-0.2, 0) is 0 Å². The number of hydrogen-bond donors (Lipinski definition) is 1. The molecule has 0 saturated heterocycles. The number of carbonyl (C=O) groups is 1. The zero-order valence-corrected chi connectivity index (χ0v) is 39.3. The van der Waals surface area contributed by atoms with Crippen molar-refractivity contribution in [2.75, 3.05) is 10.2 Å². The fraction of sp³-hybridized carbons (Fsp3) is 0.0968. The van der Waals surface area contributed by atoms with Crippen molar-refractivity contribution in [3.8, 4) is 28.5 Å². The minimum Gasteiger partial charge on any atom is -0.378 e. The Bertz CT molecular complexity index is 3610. The molecule has 0 spiro atoms. The molecule has 11 rings (SSSR count). The van der Waals surface area contributed by atoms with Gasteiger partial charge in [0, 0.05) is 73.3 Å². The fourth-order valence-corrected chi connectivity index (χ4v) is 9.76. The second kappa shape index (κ2) is 18.3. The molecule has 0 radical (unpaired) electrons. The van der Waals surface area contributed by atoms with Crippen molar-refractivity contribution in [2.45, 2.75) is 33.2 Å². The van der Waals surface area contributed by atoms with E-state index in [0.29, 0.717) is 34.4 Å². The van der Waals surface area contributed by atoms with Gasteiger partial charge >= 0.3 is 0 Å². The van der Waals surface area contributed by atoms with E-state index in [9.17, 15) is 9.59 Å². The summed E-state index contributed by atoms with van der Waals surface area (Å²) in [5, 5.41) is 10.2. The van der Waals surface area contributed by atoms with Gasteiger partial charge in [0.05, 0.1) is 22.4 Å². The van der Waals surface area contributed by atoms with Gasteiger partial charge in [0.2, 0.25) is 0 Å². The lowest BCUT2D eigenvalue weighted by Crippen LogP contribution is -2.21. The Kier molecular flexibility index (Phi) is 11.4. The number of Topliss-reactive ketones (excluding diaryl/α,β-unsaturated/α-hetero) is 1. The molecule has 0 fully saturated rings. The maximum absolute atomic E-state index is 13.5. The Morgan fingerprint density at radius 2 is 1.19 bits per heavy atom. The van der Waals surface area contributed by atoms with Crippen LogP contribution in [0.3, 0.4) is 0 Å². The van der Waals surface area contributed by atoms with Crippen molar-refractivity contribution in [1.82, 2.24) is 19.3 Å². The van der Waals surface area contributed by atoms with Crippen LogP contribution in [0.5, 0.6) is 0 Å². The van der Waals surface area contributed by atoms with Gasteiger partial charge in [-0.3, -0.25) is 9.59 Å². The van der Waals surface area contributed by atoms with Gasteiger partial charge in [-0.15, -0.1) is 5.10 Å². The molecule has 2 unspecified atom stereocenters. The Labute approximate surface area is 407 Å². The number of carbonyl (C=O) groups excluding carboxylic acids is 1. The first-order valence-electron chi connectivity index (χ1n) is 23.7. The molecule has 0 saturated carbocycles. The van der Waals surface area contributed by atoms with Crippen molar-refractivity contribution in [3.63, 3.8) is 0 Å². The zero-order chi connectivity index (χ0) is 47.9. The van der Waals surface area contributed by atoms with Crippen LogP contribution < -0.4 is 15.6 Å². The van der Waals surface area contributed by atoms with Crippen LogP contribution in [0.15, 0.2) is 223 Å². The number of rotatable bonds is 8. The Balaban J connectivity index is 0.964. The summed E-state index contributed by atoms with van der Waals surface area (Å²) in [5.74, 6) is 1.16. The van der Waals surface area contributed by atoms with Crippen molar-refractivity contribution in [3.05, 3.63) is 245 Å². The number of hydrogen-bond acceptors (Lipinski definition) is 6. The summed E-state index contributed by atoms with van der Waals surface area (Å²) < 4.78 is 4.07. The Hall–Kier alpha value is -8.88. The number of allylic oxidation sites excluding steroid dienone is 6. The zero-order valence-electron chi connectivity index (χ0n) is 39.3. The second-order valence-corrected chi connectivity index (χ2v) is 18.1. The van der Waals surface area contributed by atoms with E-state index in [1.165, 1.54) is 0 Å². The van der Waals surface area contributed by atoms with E-state index in [-0.39, 0.29) is 23.2 Å². The lowest BCUT2D eigenvalue weighted by molar-refractivity contribution is 0.0954. The summed E-state index contributed by atoms with van der Waals surface area (Å²) in [5.41, 5.74) is 14.4. The normalized spacial score (nSPS) is 16.9. The Morgan fingerprint density at radius 3 is 1.86 bits per heavy atom. The second-order valence-electron chi connectivity index (χ2n) is 18.1. The molecule has 7 aromatic carbocycles. The molecule has 2 aliphatic rings. The third-order valence-electron chi connectivity index (χ3n) is 13.4. The van der Waals surface area contributed by atoms with Crippen molar-refractivity contribution < 1.29 is 4.79 Å². The highest BCUT2D eigenvalue weighted by molar-refractivity contribution is 6.04. The van der Waals surface area contributed by atoms with Gasteiger partial charge in [0.25, 0.3) is 0 Å². The molecule has 8 nitrogen and oxygen atoms in total. The summed E-state index contributed by atoms with van der Waals surface area (Å²) in [4.78, 5) is 34.4. The third-order valence-corrected chi connectivity index (χ3v) is 13.4. The minimum atomic E-state index is -0.215. The molecule has 70 heavy (non-hydrogen) atoms. The maximum Gasteiger partial charge on any atom is 0.197 e. The molecule has 2 aliphatic heterocycles. The largest absolute Gasteiger partial charge is 0.378 e. The molecule has 8 heteroatoms. The van der Waals surface area contributed by atoms with Crippen LogP contribution in [-0.4, -0.2) is 31.2 Å². The number of aromatic nitrogens is 4. The number of nitrogens with zero attached hydrogens (tertiary/aromatic N) is 5. The molecular formula is C62H50N6O2. The van der Waals surface area contributed by atoms with E-state index in [4.69, 9.17) is 10.1 Å². The highest BCUT2D eigenvalue weighted by Crippen LogP contribution is 2.48. The smallest absolute Gasteiger partial charge is 0.197 e. The van der Waals surface area contributed by atoms with E-state index < -0.39 is 0 Å². The molecule has 0 aliphatic carbocycles. The number of ketones is 1. The predicted molar refractivity (Wildman–Crippen MR) is 288 cm³/mol. The van der Waals surface area contributed by atoms with Crippen LogP contribution >= 0.6 is 0 Å². The highest BCUT2D eigenvalue weighted by Gasteiger charge is 2.27. The van der Waals surface area contributed by atoms with Crippen molar-refractivity contribution >= 4 is 61.6 Å². The number of anilines is 4. The summed E-state index contributed by atoms with van der Waals surface area (Å²) in [6.07, 6.45) is 13.0. The van der Waals surface area contributed by atoms with E-state index in [1.807, 2.05) is 115 Å². The van der Waals surface area contributed by atoms with Crippen LogP contribution in [0.1, 0.15) is 48.7 Å². The first-order valence-corrected chi connectivity index (χ1v) is 23.7. The van der Waals surface area contributed by atoms with Crippen molar-refractivity contribution in [1.29, 1.82) is 0 Å². The number of fused-ring (bicyclic) bond motifs is 5. The molecule has 0 bridgehead atoms. The standard InChI is InChI=1S/C62H50N6O2/c1-40(39-46-18-6-5-17-41(2)59(69)51-21-7-12-24-54(51)63-46)29-30-42(3)68-62(45-33-37-48(38-34-45)66-55-25-13-8-19-49(55)43(4)50-20-9-14-26-56(50)66)64-61(65-68)44-31-35-47(36-32-44)67-57-27-15-10-22-52(57)60(70)53-23-11-16-28-58(53)67/h5-38,41,46,63H,4,39H2,1-3H3/b17-5-,18-6-,40-29+,42-30+. The summed E-state index contributed by atoms with van der Waals surface area (Å²) in [6.45, 7) is 10.6. The first-order chi connectivity index (χ1) is 34.2. The minimum absolute atomic E-state index is 0.0222. The van der Waals surface area contributed by atoms with Gasteiger partial charge in [-0.1, -0.05) is 122 Å². The van der Waals surface area contributed by atoms with E-state index in [1.54, 1.807) is 0 Å². The van der Waals surface area contributed by atoms with E-state index in [2.05, 4.69) is 138 Å². The lowest BCUT2D eigenvalue weighted by Gasteiger charge is -2.34. The Morgan fingerprint density at radius 1 is 0.629 bits per heavy atom. The van der Waals surface area contributed by atoms with Gasteiger partial charge in [-0.2, -0.15) is 0 Å². The summed E-state index contributed by atoms with van der Waals surface area (Å²) >= 11 is 0. The highest BCUT2D eigenvalue weighted by atomic mass is 16.1. The first kappa shape index (κ1) is 43.7. The topological polar surface area (TPSA) is 85.1 Å². The van der Waals surface area contributed by atoms with Crippen LogP contribution in [0, 0.1) is 5.92 Å². The number of para-hydroxylation sites is 5. The molecule has 340 valence electrons. The van der Waals surface area contributed by atoms with Gasteiger partial charge in [0.15, 0.2) is 22.9 Å². The van der Waals surface area contributed by atoms with E-state index >= 15 is 0 Å². The average Bonchev–Trinajstić information content (AvgIpc) is 3.85. The molecule has 4 heterocycles. The SMILES string of the molecule is C=C1c2ccccc2N(c2ccc(-c3nc(-c4ccc(-n5c6ccccc6c(=O)c6ccccc65)cc4)nn3/C(C)=C/C=C(\C)CC3/C=C\C=C/C(C)C(=O)c4ccccc4N3)cc2)c2ccccc21. The summed E-state index contributed by atoms with van der Waals surface area (Å²) in [7, 11) is 0. The van der Waals surface area contributed by atoms with Gasteiger partial charge < -0.3 is 14.8 Å². The summed E-state index contributed by atoms with van der Waals surface area (Å²) in [6, 6.07) is 56.8. The van der Waals surface area contributed by atoms with Crippen LogP contribution in [0.4, 0.5) is 22.7 Å². The molecule has 2 aromatic heterocycles. The average molecular weight is 911 g/mol. The monoisotopic (exact) mass is 910 g/mol. The number of nitrogens with one attached hydrogen (secondary N) is 1. The van der Waals surface area contributed by atoms with Crippen LogP contribution in [0.2, 0.25) is 0 Å². The van der Waals surface area contributed by atoms with Crippen LogP contribution in [0.25, 0.3) is 61.5 Å². The van der Waals surface area contributed by atoms with Gasteiger partial charge in [-0.05, 0) is 129 Å². The number of pyridine rings is 1. The predicted octanol–water partition coefficient (Wildman–Crippen LogP) is 14.5. The fourth-order valence-electron chi connectivity index (χ4n) is 9.76. The number of benzene rings is 7. The van der Waals surface area contributed by atoms with E-state index in [0.717, 1.165) is 78.6 Å². The molecule has 9 aromatic rings. The van der Waals surface area contributed by atoms with Gasteiger partial charge in [-0.25, -0.2) is 9.67 Å². The van der Waals surface area contributed by atoms with Crippen molar-refractivity contribution in [2.24, 2.45) is 5.92 Å². The molecule has 2 atom stereocenters. The molecule has 0 amide bonds.